The number of thioether (sulfide) groups is 1. The van der Waals surface area contributed by atoms with Gasteiger partial charge in [0.15, 0.2) is 0 Å². The zero-order valence-electron chi connectivity index (χ0n) is 26.0. The van der Waals surface area contributed by atoms with Crippen molar-refractivity contribution >= 4 is 45.5 Å². The Balaban J connectivity index is 2.12. The molecule has 7 atom stereocenters. The number of hydrogen-bond donors (Lipinski definition) is 1. The van der Waals surface area contributed by atoms with Gasteiger partial charge in [-0.05, 0) is 57.3 Å². The first-order chi connectivity index (χ1) is 19.1. The van der Waals surface area contributed by atoms with Gasteiger partial charge >= 0.3 is 5.97 Å². The zero-order valence-corrected chi connectivity index (χ0v) is 28.4. The molecule has 3 fully saturated rings. The number of halogens is 1. The number of aliphatic hydroxyl groups excluding tert-OH is 1. The average Bonchev–Trinajstić information content (AvgIpc) is 3.45. The minimum absolute atomic E-state index is 0.0364. The molecule has 7 nitrogen and oxygen atoms in total. The van der Waals surface area contributed by atoms with Crippen molar-refractivity contribution in [2.45, 2.75) is 113 Å². The predicted octanol–water partition coefficient (Wildman–Crippen LogP) is 5.60. The van der Waals surface area contributed by atoms with E-state index >= 15 is 0 Å². The molecule has 3 saturated heterocycles. The Kier molecular flexibility index (Phi) is 10.9. The van der Waals surface area contributed by atoms with Gasteiger partial charge in [0.2, 0.25) is 11.8 Å². The summed E-state index contributed by atoms with van der Waals surface area (Å²) in [7, 11) is 0. The van der Waals surface area contributed by atoms with Gasteiger partial charge < -0.3 is 19.6 Å². The number of hydrogen-bond acceptors (Lipinski definition) is 6. The lowest BCUT2D eigenvalue weighted by Gasteiger charge is -2.47. The number of allylic oxidation sites excluding steroid dienone is 1. The van der Waals surface area contributed by atoms with Crippen molar-refractivity contribution in [3.05, 3.63) is 25.3 Å². The summed E-state index contributed by atoms with van der Waals surface area (Å²) >= 11 is 5.43. The molecule has 2 bridgehead atoms. The number of likely N-dealkylation sites (tertiary alicyclic amines) is 1. The maximum absolute atomic E-state index is 14.9. The highest BCUT2D eigenvalue weighted by Crippen LogP contribution is 2.68. The van der Waals surface area contributed by atoms with Crippen LogP contribution >= 0.6 is 27.7 Å². The third-order valence-electron chi connectivity index (χ3n) is 8.65. The fourth-order valence-corrected chi connectivity index (χ4v) is 11.2. The topological polar surface area (TPSA) is 87.2 Å². The molecule has 1 spiro atoms. The summed E-state index contributed by atoms with van der Waals surface area (Å²) in [4.78, 5) is 46.5. The molecule has 3 heterocycles. The number of carbonyl (C=O) groups excluding carboxylic acids is 3. The van der Waals surface area contributed by atoms with Crippen molar-refractivity contribution in [3.8, 4) is 0 Å². The van der Waals surface area contributed by atoms with Crippen LogP contribution in [-0.4, -0.2) is 84.9 Å². The molecule has 3 aliphatic heterocycles. The molecule has 41 heavy (non-hydrogen) atoms. The second kappa shape index (κ2) is 13.1. The molecule has 3 aliphatic rings. The van der Waals surface area contributed by atoms with Crippen LogP contribution in [0.4, 0.5) is 0 Å². The van der Waals surface area contributed by atoms with E-state index in [4.69, 9.17) is 4.74 Å². The van der Waals surface area contributed by atoms with E-state index in [-0.39, 0.29) is 52.4 Å². The summed E-state index contributed by atoms with van der Waals surface area (Å²) in [6.07, 6.45) is 6.85. The number of nitrogens with zero attached hydrogens (tertiary/aromatic N) is 2. The van der Waals surface area contributed by atoms with E-state index in [1.807, 2.05) is 18.7 Å². The van der Waals surface area contributed by atoms with Crippen molar-refractivity contribution in [2.24, 2.45) is 23.2 Å². The lowest BCUT2D eigenvalue weighted by Crippen LogP contribution is -2.62. The molecule has 0 saturated carbocycles. The van der Waals surface area contributed by atoms with Crippen molar-refractivity contribution in [1.82, 2.24) is 9.80 Å². The van der Waals surface area contributed by atoms with Gasteiger partial charge in [0.1, 0.15) is 6.04 Å². The van der Waals surface area contributed by atoms with Crippen molar-refractivity contribution in [2.75, 3.05) is 19.8 Å². The highest BCUT2D eigenvalue weighted by molar-refractivity contribution is 9.09. The average molecular weight is 656 g/mol. The molecule has 232 valence electrons. The van der Waals surface area contributed by atoms with Crippen LogP contribution in [0.3, 0.4) is 0 Å². The number of esters is 1. The Hall–Kier alpha value is -1.32. The van der Waals surface area contributed by atoms with Gasteiger partial charge in [-0.2, -0.15) is 0 Å². The molecule has 3 rings (SSSR count). The number of fused-ring (bicyclic) bond motifs is 1. The monoisotopic (exact) mass is 654 g/mol. The van der Waals surface area contributed by atoms with E-state index in [1.54, 1.807) is 28.8 Å². The number of amides is 2. The standard InChI is InChI=1S/C32H51BrN2O5S/c1-10-12-13-15-40-29(39)23-24-27(37)35(21(18-36)16-20(3)4)26(32(24)17-22(33)25(23)41-32)28(38)34(14-11-2)31(8,9)19-30(5,6)7/h10-11,20-26,36H,1-2,12-19H2,3-9H3/t21-,22?,23-,24+,25-,26?,32?/m1/s1. The van der Waals surface area contributed by atoms with E-state index in [2.05, 4.69) is 63.7 Å². The highest BCUT2D eigenvalue weighted by Gasteiger charge is 2.77. The van der Waals surface area contributed by atoms with Gasteiger partial charge in [0, 0.05) is 22.2 Å². The Bertz CT molecular complexity index is 1010. The summed E-state index contributed by atoms with van der Waals surface area (Å²) in [6.45, 7) is 22.8. The number of aliphatic hydroxyl groups is 1. The zero-order chi connectivity index (χ0) is 30.9. The summed E-state index contributed by atoms with van der Waals surface area (Å²) in [5.41, 5.74) is -0.555. The molecule has 0 aliphatic carbocycles. The van der Waals surface area contributed by atoms with Crippen LogP contribution in [0.1, 0.15) is 80.6 Å². The molecule has 2 amide bonds. The van der Waals surface area contributed by atoms with Gasteiger partial charge in [0.25, 0.3) is 0 Å². The highest BCUT2D eigenvalue weighted by atomic mass is 79.9. The summed E-state index contributed by atoms with van der Waals surface area (Å²) in [5.74, 6) is -1.84. The molecule has 0 aromatic carbocycles. The van der Waals surface area contributed by atoms with Gasteiger partial charge in [-0.15, -0.1) is 24.9 Å². The van der Waals surface area contributed by atoms with Gasteiger partial charge in [-0.3, -0.25) is 14.4 Å². The third kappa shape index (κ3) is 6.77. The van der Waals surface area contributed by atoms with Crippen LogP contribution in [0.2, 0.25) is 0 Å². The lowest BCUT2D eigenvalue weighted by atomic mass is 9.70. The third-order valence-corrected chi connectivity index (χ3v) is 11.9. The Morgan fingerprint density at radius 2 is 1.90 bits per heavy atom. The number of ether oxygens (including phenoxy) is 1. The predicted molar refractivity (Wildman–Crippen MR) is 170 cm³/mol. The molecule has 3 unspecified atom stereocenters. The van der Waals surface area contributed by atoms with Gasteiger partial charge in [-0.1, -0.05) is 62.7 Å². The normalized spacial score (nSPS) is 30.0. The number of alkyl halides is 1. The molecular weight excluding hydrogens is 604 g/mol. The Morgan fingerprint density at radius 3 is 2.44 bits per heavy atom. The first-order valence-corrected chi connectivity index (χ1v) is 16.8. The van der Waals surface area contributed by atoms with Crippen molar-refractivity contribution < 1.29 is 24.2 Å². The van der Waals surface area contributed by atoms with Crippen molar-refractivity contribution in [1.29, 1.82) is 0 Å². The second-order valence-corrected chi connectivity index (χ2v) is 17.0. The SMILES string of the molecule is C=CCCCOC(=O)[C@H]1[C@@H]2SC3(CC2Br)C(C(=O)N(CC=C)C(C)(C)CC(C)(C)C)N([C@@H](CO)CC(C)C)C(=O)[C@H]13. The Labute approximate surface area is 260 Å². The minimum Gasteiger partial charge on any atom is -0.465 e. The molecule has 0 aromatic rings. The smallest absolute Gasteiger partial charge is 0.310 e. The van der Waals surface area contributed by atoms with Crippen LogP contribution in [0.25, 0.3) is 0 Å². The van der Waals surface area contributed by atoms with E-state index in [9.17, 15) is 19.5 Å². The maximum atomic E-state index is 14.9. The van der Waals surface area contributed by atoms with Crippen LogP contribution in [0.15, 0.2) is 25.3 Å². The maximum Gasteiger partial charge on any atom is 0.310 e. The quantitative estimate of drug-likeness (QED) is 0.114. The largest absolute Gasteiger partial charge is 0.465 e. The summed E-state index contributed by atoms with van der Waals surface area (Å²) < 4.78 is 4.92. The summed E-state index contributed by atoms with van der Waals surface area (Å²) in [5, 5.41) is 10.4. The molecule has 0 radical (unpaired) electrons. The van der Waals surface area contributed by atoms with Gasteiger partial charge in [-0.25, -0.2) is 0 Å². The molecule has 0 aromatic heterocycles. The van der Waals surface area contributed by atoms with E-state index in [1.165, 1.54) is 0 Å². The number of unbranched alkanes of at least 4 members (excludes halogenated alkanes) is 1. The molecule has 9 heteroatoms. The summed E-state index contributed by atoms with van der Waals surface area (Å²) in [6, 6.07) is -1.32. The van der Waals surface area contributed by atoms with Crippen LogP contribution in [0.5, 0.6) is 0 Å². The first-order valence-electron chi connectivity index (χ1n) is 15.0. The second-order valence-electron chi connectivity index (χ2n) is 14.3. The minimum atomic E-state index is -0.802. The fraction of sp³-hybridized carbons (Fsp3) is 0.781. The number of carbonyl (C=O) groups is 3. The first kappa shape index (κ1) is 34.2. The van der Waals surface area contributed by atoms with Gasteiger partial charge in [0.05, 0.1) is 35.8 Å². The Morgan fingerprint density at radius 1 is 1.24 bits per heavy atom. The van der Waals surface area contributed by atoms with Crippen LogP contribution in [0, 0.1) is 23.2 Å². The van der Waals surface area contributed by atoms with E-state index in [0.29, 0.717) is 25.8 Å². The van der Waals surface area contributed by atoms with E-state index in [0.717, 1.165) is 12.8 Å². The van der Waals surface area contributed by atoms with Crippen LogP contribution < -0.4 is 0 Å². The molecular formula is C32H51BrN2O5S. The van der Waals surface area contributed by atoms with E-state index < -0.39 is 34.2 Å². The molecule has 1 N–H and O–H groups in total. The lowest BCUT2D eigenvalue weighted by molar-refractivity contribution is -0.154. The van der Waals surface area contributed by atoms with Crippen molar-refractivity contribution in [3.63, 3.8) is 0 Å². The number of rotatable bonds is 14. The van der Waals surface area contributed by atoms with Crippen LogP contribution in [-0.2, 0) is 19.1 Å². The fourth-order valence-electron chi connectivity index (χ4n) is 7.63.